The fourth-order valence-corrected chi connectivity index (χ4v) is 1.91. The number of aryl methyl sites for hydroxylation is 1. The maximum absolute atomic E-state index is 13.6. The molecular formula is C14H21FN2O. The average molecular weight is 252 g/mol. The molecule has 0 fully saturated rings. The molecule has 0 aliphatic carbocycles. The van der Waals surface area contributed by atoms with Crippen LogP contribution in [0.5, 0.6) is 0 Å². The van der Waals surface area contributed by atoms with Gasteiger partial charge >= 0.3 is 0 Å². The maximum atomic E-state index is 13.6. The zero-order valence-electron chi connectivity index (χ0n) is 11.0. The van der Waals surface area contributed by atoms with Crippen LogP contribution in [0.4, 0.5) is 10.1 Å². The van der Waals surface area contributed by atoms with Crippen molar-refractivity contribution in [2.75, 3.05) is 24.6 Å². The van der Waals surface area contributed by atoms with Crippen LogP contribution in [0.1, 0.15) is 24.1 Å². The molecule has 1 aromatic carbocycles. The Morgan fingerprint density at radius 1 is 1.56 bits per heavy atom. The van der Waals surface area contributed by atoms with Crippen molar-refractivity contribution in [1.29, 1.82) is 0 Å². The monoisotopic (exact) mass is 252 g/mol. The molecule has 3 N–H and O–H groups in total. The second-order valence-corrected chi connectivity index (χ2v) is 4.41. The average Bonchev–Trinajstić information content (AvgIpc) is 2.31. The van der Waals surface area contributed by atoms with Crippen molar-refractivity contribution in [3.8, 4) is 0 Å². The number of anilines is 1. The predicted molar refractivity (Wildman–Crippen MR) is 73.2 cm³/mol. The lowest BCUT2D eigenvalue weighted by Crippen LogP contribution is -2.29. The van der Waals surface area contributed by atoms with Crippen LogP contribution >= 0.6 is 0 Å². The predicted octanol–water partition coefficient (Wildman–Crippen LogP) is 2.14. The van der Waals surface area contributed by atoms with Gasteiger partial charge in [0.25, 0.3) is 0 Å². The molecule has 0 aliphatic rings. The standard InChI is InChI=1S/C14H21FN2O/c1-4-5-17(6-7-18)14-8-10(2)13(15)9-12(14)11(3)16/h4,8-9,11,18H,1,5-7,16H2,2-3H3/t11-/m1/s1. The molecule has 0 unspecified atom stereocenters. The van der Waals surface area contributed by atoms with Crippen molar-refractivity contribution < 1.29 is 9.50 Å². The van der Waals surface area contributed by atoms with Crippen molar-refractivity contribution in [2.45, 2.75) is 19.9 Å². The molecule has 18 heavy (non-hydrogen) atoms. The van der Waals surface area contributed by atoms with Gasteiger partial charge in [-0.25, -0.2) is 4.39 Å². The van der Waals surface area contributed by atoms with E-state index in [1.165, 1.54) is 6.07 Å². The van der Waals surface area contributed by atoms with Gasteiger partial charge in [-0.2, -0.15) is 0 Å². The Morgan fingerprint density at radius 2 is 2.22 bits per heavy atom. The fraction of sp³-hybridized carbons (Fsp3) is 0.429. The molecule has 1 atom stereocenters. The van der Waals surface area contributed by atoms with Crippen molar-refractivity contribution in [3.05, 3.63) is 41.7 Å². The van der Waals surface area contributed by atoms with Crippen LogP contribution in [0.2, 0.25) is 0 Å². The second kappa shape index (κ2) is 6.52. The van der Waals surface area contributed by atoms with E-state index in [1.807, 2.05) is 11.8 Å². The number of benzene rings is 1. The third-order valence-electron chi connectivity index (χ3n) is 2.86. The van der Waals surface area contributed by atoms with Crippen molar-refractivity contribution in [2.24, 2.45) is 5.73 Å². The minimum absolute atomic E-state index is 0.0304. The van der Waals surface area contributed by atoms with Crippen LogP contribution in [0.25, 0.3) is 0 Å². The molecule has 0 amide bonds. The van der Waals surface area contributed by atoms with E-state index >= 15 is 0 Å². The first-order chi connectivity index (χ1) is 8.51. The van der Waals surface area contributed by atoms with Gasteiger partial charge in [0.05, 0.1) is 6.61 Å². The third-order valence-corrected chi connectivity index (χ3v) is 2.86. The molecule has 0 radical (unpaired) electrons. The first-order valence-electron chi connectivity index (χ1n) is 6.03. The number of aliphatic hydroxyl groups is 1. The Labute approximate surface area is 108 Å². The van der Waals surface area contributed by atoms with Crippen LogP contribution in [0, 0.1) is 12.7 Å². The number of aliphatic hydroxyl groups excluding tert-OH is 1. The van der Waals surface area contributed by atoms with E-state index in [2.05, 4.69) is 6.58 Å². The van der Waals surface area contributed by atoms with Gasteiger partial charge in [-0.15, -0.1) is 6.58 Å². The molecule has 100 valence electrons. The van der Waals surface area contributed by atoms with Crippen molar-refractivity contribution >= 4 is 5.69 Å². The number of halogens is 1. The summed E-state index contributed by atoms with van der Waals surface area (Å²) >= 11 is 0. The highest BCUT2D eigenvalue weighted by atomic mass is 19.1. The summed E-state index contributed by atoms with van der Waals surface area (Å²) in [7, 11) is 0. The Kier molecular flexibility index (Phi) is 5.31. The van der Waals surface area contributed by atoms with Gasteiger partial charge in [0, 0.05) is 24.8 Å². The Morgan fingerprint density at radius 3 is 2.72 bits per heavy atom. The summed E-state index contributed by atoms with van der Waals surface area (Å²) in [6.07, 6.45) is 1.75. The highest BCUT2D eigenvalue weighted by Gasteiger charge is 2.15. The summed E-state index contributed by atoms with van der Waals surface area (Å²) in [6, 6.07) is 2.98. The summed E-state index contributed by atoms with van der Waals surface area (Å²) in [4.78, 5) is 1.94. The molecule has 1 aromatic rings. The summed E-state index contributed by atoms with van der Waals surface area (Å²) in [5.41, 5.74) is 8.06. The second-order valence-electron chi connectivity index (χ2n) is 4.41. The highest BCUT2D eigenvalue weighted by Crippen LogP contribution is 2.28. The zero-order valence-corrected chi connectivity index (χ0v) is 11.0. The topological polar surface area (TPSA) is 49.5 Å². The molecule has 1 rings (SSSR count). The first kappa shape index (κ1) is 14.7. The number of nitrogens with zero attached hydrogens (tertiary/aromatic N) is 1. The van der Waals surface area contributed by atoms with Gasteiger partial charge in [-0.3, -0.25) is 0 Å². The SMILES string of the molecule is C=CCN(CCO)c1cc(C)c(F)cc1[C@@H](C)N. The molecule has 0 bridgehead atoms. The van der Waals surface area contributed by atoms with Gasteiger partial charge in [0.15, 0.2) is 0 Å². The zero-order chi connectivity index (χ0) is 13.7. The molecule has 0 spiro atoms. The molecule has 0 saturated heterocycles. The normalized spacial score (nSPS) is 12.3. The number of hydrogen-bond acceptors (Lipinski definition) is 3. The third kappa shape index (κ3) is 3.31. The van der Waals surface area contributed by atoms with Gasteiger partial charge in [-0.1, -0.05) is 6.08 Å². The minimum Gasteiger partial charge on any atom is -0.395 e. The van der Waals surface area contributed by atoms with Crippen molar-refractivity contribution in [3.63, 3.8) is 0 Å². The van der Waals surface area contributed by atoms with E-state index < -0.39 is 0 Å². The lowest BCUT2D eigenvalue weighted by Gasteiger charge is -2.27. The fourth-order valence-electron chi connectivity index (χ4n) is 1.91. The molecule has 4 heteroatoms. The number of hydrogen-bond donors (Lipinski definition) is 2. The van der Waals surface area contributed by atoms with E-state index in [4.69, 9.17) is 10.8 Å². The Bertz CT molecular complexity index is 419. The van der Waals surface area contributed by atoms with Crippen LogP contribution in [0.15, 0.2) is 24.8 Å². The minimum atomic E-state index is -0.263. The van der Waals surface area contributed by atoms with Crippen LogP contribution < -0.4 is 10.6 Å². The van der Waals surface area contributed by atoms with E-state index in [-0.39, 0.29) is 18.5 Å². The van der Waals surface area contributed by atoms with Crippen LogP contribution in [0.3, 0.4) is 0 Å². The molecule has 3 nitrogen and oxygen atoms in total. The highest BCUT2D eigenvalue weighted by molar-refractivity contribution is 5.57. The smallest absolute Gasteiger partial charge is 0.126 e. The van der Waals surface area contributed by atoms with E-state index in [0.717, 1.165) is 11.3 Å². The van der Waals surface area contributed by atoms with Gasteiger partial charge in [0.2, 0.25) is 0 Å². The molecule has 0 aromatic heterocycles. The quantitative estimate of drug-likeness (QED) is 0.763. The van der Waals surface area contributed by atoms with E-state index in [0.29, 0.717) is 18.7 Å². The summed E-state index contributed by atoms with van der Waals surface area (Å²) in [5, 5.41) is 9.10. The van der Waals surface area contributed by atoms with Crippen molar-refractivity contribution in [1.82, 2.24) is 0 Å². The lowest BCUT2D eigenvalue weighted by atomic mass is 10.0. The van der Waals surface area contributed by atoms with Gasteiger partial charge in [0.1, 0.15) is 5.82 Å². The summed E-state index contributed by atoms with van der Waals surface area (Å²) in [6.45, 7) is 8.32. The van der Waals surface area contributed by atoms with Gasteiger partial charge < -0.3 is 15.7 Å². The van der Waals surface area contributed by atoms with Crippen LogP contribution in [-0.2, 0) is 0 Å². The Balaban J connectivity index is 3.25. The molecular weight excluding hydrogens is 231 g/mol. The van der Waals surface area contributed by atoms with E-state index in [9.17, 15) is 4.39 Å². The summed E-state index contributed by atoms with van der Waals surface area (Å²) in [5.74, 6) is -0.256. The summed E-state index contributed by atoms with van der Waals surface area (Å²) < 4.78 is 13.6. The molecule has 0 aliphatic heterocycles. The number of nitrogens with two attached hydrogens (primary N) is 1. The molecule has 0 heterocycles. The van der Waals surface area contributed by atoms with E-state index in [1.54, 1.807) is 19.1 Å². The van der Waals surface area contributed by atoms with Gasteiger partial charge in [-0.05, 0) is 37.1 Å². The lowest BCUT2D eigenvalue weighted by molar-refractivity contribution is 0.303. The molecule has 0 saturated carbocycles. The first-order valence-corrected chi connectivity index (χ1v) is 6.03. The number of rotatable bonds is 6. The largest absolute Gasteiger partial charge is 0.395 e. The van der Waals surface area contributed by atoms with Crippen LogP contribution in [-0.4, -0.2) is 24.8 Å². The maximum Gasteiger partial charge on any atom is 0.126 e. The Hall–Kier alpha value is -1.39.